The van der Waals surface area contributed by atoms with Crippen LogP contribution < -0.4 is 5.32 Å². The Morgan fingerprint density at radius 3 is 2.59 bits per heavy atom. The topological polar surface area (TPSA) is 25.2 Å². The maximum absolute atomic E-state index is 5.06. The first kappa shape index (κ1) is 12.4. The molecule has 1 unspecified atom stereocenters. The predicted octanol–water partition coefficient (Wildman–Crippen LogP) is 4.28. The largest absolute Gasteiger partial charge is 0.472 e. The lowest BCUT2D eigenvalue weighted by Crippen LogP contribution is -2.19. The van der Waals surface area contributed by atoms with Gasteiger partial charge in [-0.3, -0.25) is 0 Å². The lowest BCUT2D eigenvalue weighted by atomic mass is 10.0. The molecule has 0 aliphatic carbocycles. The monoisotopic (exact) mass is 293 g/mol. The maximum Gasteiger partial charge on any atom is 0.0947 e. The summed E-state index contributed by atoms with van der Waals surface area (Å²) in [5.74, 6) is 0. The van der Waals surface area contributed by atoms with Crippen molar-refractivity contribution >= 4 is 15.9 Å². The van der Waals surface area contributed by atoms with Crippen LogP contribution >= 0.6 is 15.9 Å². The summed E-state index contributed by atoms with van der Waals surface area (Å²) in [7, 11) is 0. The highest BCUT2D eigenvalue weighted by Crippen LogP contribution is 2.19. The van der Waals surface area contributed by atoms with Crippen LogP contribution in [0.1, 0.15) is 30.5 Å². The van der Waals surface area contributed by atoms with E-state index >= 15 is 0 Å². The predicted molar refractivity (Wildman–Crippen MR) is 72.7 cm³/mol. The van der Waals surface area contributed by atoms with Gasteiger partial charge in [0.1, 0.15) is 0 Å². The number of hydrogen-bond donors (Lipinski definition) is 1. The van der Waals surface area contributed by atoms with E-state index in [0.717, 1.165) is 17.4 Å². The third-order valence-corrected chi connectivity index (χ3v) is 3.34. The van der Waals surface area contributed by atoms with Gasteiger partial charge in [0.05, 0.1) is 12.5 Å². The first-order chi connectivity index (χ1) is 8.29. The van der Waals surface area contributed by atoms with Crippen LogP contribution in [0.25, 0.3) is 0 Å². The van der Waals surface area contributed by atoms with Crippen molar-refractivity contribution in [2.24, 2.45) is 0 Å². The van der Waals surface area contributed by atoms with Crippen LogP contribution in [0.3, 0.4) is 0 Å². The molecule has 90 valence electrons. The van der Waals surface area contributed by atoms with Gasteiger partial charge in [-0.15, -0.1) is 0 Å². The summed E-state index contributed by atoms with van der Waals surface area (Å²) in [5.41, 5.74) is 2.50. The summed E-state index contributed by atoms with van der Waals surface area (Å²) in [5, 5.41) is 3.53. The minimum absolute atomic E-state index is 0.387. The van der Waals surface area contributed by atoms with E-state index in [1.54, 1.807) is 12.5 Å². The fourth-order valence-corrected chi connectivity index (χ4v) is 2.09. The summed E-state index contributed by atoms with van der Waals surface area (Å²) in [6.07, 6.45) is 4.55. The number of furan rings is 1. The summed E-state index contributed by atoms with van der Waals surface area (Å²) in [6, 6.07) is 10.8. The van der Waals surface area contributed by atoms with Crippen LogP contribution in [-0.2, 0) is 6.54 Å². The Labute approximate surface area is 110 Å². The van der Waals surface area contributed by atoms with Crippen molar-refractivity contribution in [3.63, 3.8) is 0 Å². The smallest absolute Gasteiger partial charge is 0.0947 e. The fourth-order valence-electron chi connectivity index (χ4n) is 1.83. The molecule has 0 bridgehead atoms. The zero-order chi connectivity index (χ0) is 12.1. The van der Waals surface area contributed by atoms with Crippen LogP contribution in [0.5, 0.6) is 0 Å². The highest BCUT2D eigenvalue weighted by molar-refractivity contribution is 9.10. The lowest BCUT2D eigenvalue weighted by molar-refractivity contribution is 0.512. The van der Waals surface area contributed by atoms with E-state index in [-0.39, 0.29) is 0 Å². The van der Waals surface area contributed by atoms with Gasteiger partial charge in [-0.2, -0.15) is 0 Å². The number of halogens is 1. The molecular formula is C14H16BrNO. The van der Waals surface area contributed by atoms with Gasteiger partial charge in [-0.25, -0.2) is 0 Å². The third-order valence-electron chi connectivity index (χ3n) is 2.81. The maximum atomic E-state index is 5.06. The zero-order valence-corrected chi connectivity index (χ0v) is 11.4. The normalized spacial score (nSPS) is 12.6. The first-order valence-electron chi connectivity index (χ1n) is 5.79. The number of benzene rings is 1. The van der Waals surface area contributed by atoms with Crippen molar-refractivity contribution in [2.45, 2.75) is 25.9 Å². The van der Waals surface area contributed by atoms with Gasteiger partial charge in [0.2, 0.25) is 0 Å². The second kappa shape index (κ2) is 6.03. The van der Waals surface area contributed by atoms with Crippen molar-refractivity contribution in [1.29, 1.82) is 0 Å². The molecule has 0 saturated heterocycles. The molecule has 1 N–H and O–H groups in total. The summed E-state index contributed by atoms with van der Waals surface area (Å²) >= 11 is 3.45. The quantitative estimate of drug-likeness (QED) is 0.890. The van der Waals surface area contributed by atoms with Crippen LogP contribution in [0.4, 0.5) is 0 Å². The molecule has 0 saturated carbocycles. The summed E-state index contributed by atoms with van der Waals surface area (Å²) in [6.45, 7) is 3.03. The van der Waals surface area contributed by atoms with Crippen molar-refractivity contribution in [3.8, 4) is 0 Å². The van der Waals surface area contributed by atoms with Gasteiger partial charge in [-0.05, 0) is 30.2 Å². The minimum Gasteiger partial charge on any atom is -0.472 e. The fraction of sp³-hybridized carbons (Fsp3) is 0.286. The van der Waals surface area contributed by atoms with Gasteiger partial charge in [0.25, 0.3) is 0 Å². The molecule has 2 rings (SSSR count). The van der Waals surface area contributed by atoms with Crippen LogP contribution in [0.15, 0.2) is 51.7 Å². The van der Waals surface area contributed by atoms with Gasteiger partial charge in [0, 0.05) is 22.6 Å². The van der Waals surface area contributed by atoms with E-state index in [2.05, 4.69) is 52.4 Å². The van der Waals surface area contributed by atoms with Gasteiger partial charge in [-0.1, -0.05) is 35.0 Å². The Kier molecular flexibility index (Phi) is 4.40. The van der Waals surface area contributed by atoms with Gasteiger partial charge in [0.15, 0.2) is 0 Å². The average molecular weight is 294 g/mol. The summed E-state index contributed by atoms with van der Waals surface area (Å²) in [4.78, 5) is 0. The molecule has 0 spiro atoms. The van der Waals surface area contributed by atoms with E-state index in [1.165, 1.54) is 11.1 Å². The molecule has 1 aromatic carbocycles. The Hall–Kier alpha value is -1.06. The van der Waals surface area contributed by atoms with E-state index in [9.17, 15) is 0 Å². The second-order valence-corrected chi connectivity index (χ2v) is 4.94. The van der Waals surface area contributed by atoms with Crippen LogP contribution in [0.2, 0.25) is 0 Å². The van der Waals surface area contributed by atoms with Crippen LogP contribution in [0, 0.1) is 0 Å². The Morgan fingerprint density at radius 1 is 1.24 bits per heavy atom. The van der Waals surface area contributed by atoms with Crippen molar-refractivity contribution in [1.82, 2.24) is 5.32 Å². The van der Waals surface area contributed by atoms with Crippen molar-refractivity contribution < 1.29 is 4.42 Å². The Morgan fingerprint density at radius 2 is 2.00 bits per heavy atom. The molecule has 1 heterocycles. The SMILES string of the molecule is CCC(NCc1ccoc1)c1ccc(Br)cc1. The van der Waals surface area contributed by atoms with Crippen molar-refractivity contribution in [3.05, 3.63) is 58.5 Å². The van der Waals surface area contributed by atoms with Gasteiger partial charge < -0.3 is 9.73 Å². The second-order valence-electron chi connectivity index (χ2n) is 4.02. The standard InChI is InChI=1S/C14H16BrNO/c1-2-14(12-3-5-13(15)6-4-12)16-9-11-7-8-17-10-11/h3-8,10,14,16H,2,9H2,1H3. The molecule has 1 atom stereocenters. The molecule has 17 heavy (non-hydrogen) atoms. The molecule has 0 aliphatic heterocycles. The molecular weight excluding hydrogens is 278 g/mol. The zero-order valence-electron chi connectivity index (χ0n) is 9.82. The molecule has 3 heteroatoms. The highest BCUT2D eigenvalue weighted by atomic mass is 79.9. The number of nitrogens with one attached hydrogen (secondary N) is 1. The average Bonchev–Trinajstić information content (AvgIpc) is 2.85. The van der Waals surface area contributed by atoms with E-state index in [4.69, 9.17) is 4.42 Å². The molecule has 0 aliphatic rings. The molecule has 0 fully saturated rings. The van der Waals surface area contributed by atoms with Crippen molar-refractivity contribution in [2.75, 3.05) is 0 Å². The van der Waals surface area contributed by atoms with Crippen LogP contribution in [-0.4, -0.2) is 0 Å². The third kappa shape index (κ3) is 3.45. The molecule has 2 nitrogen and oxygen atoms in total. The molecule has 0 radical (unpaired) electrons. The first-order valence-corrected chi connectivity index (χ1v) is 6.59. The summed E-state index contributed by atoms with van der Waals surface area (Å²) < 4.78 is 6.17. The molecule has 0 amide bonds. The Bertz CT molecular complexity index is 436. The molecule has 1 aromatic heterocycles. The minimum atomic E-state index is 0.387. The van der Waals surface area contributed by atoms with E-state index in [1.807, 2.05) is 6.07 Å². The lowest BCUT2D eigenvalue weighted by Gasteiger charge is -2.17. The number of rotatable bonds is 5. The van der Waals surface area contributed by atoms with E-state index < -0.39 is 0 Å². The highest BCUT2D eigenvalue weighted by Gasteiger charge is 2.08. The number of hydrogen-bond acceptors (Lipinski definition) is 2. The van der Waals surface area contributed by atoms with Gasteiger partial charge >= 0.3 is 0 Å². The Balaban J connectivity index is 1.99. The molecule has 2 aromatic rings. The van der Waals surface area contributed by atoms with E-state index in [0.29, 0.717) is 6.04 Å².